The molecule has 1 nitrogen and oxygen atoms in total. The molecular formula is C4H4F7N. The SMILES string of the molecule is NC(F)C(F)(F)C(F)(F)C(F)F. The van der Waals surface area contributed by atoms with Gasteiger partial charge in [0.05, 0.1) is 0 Å². The molecule has 0 fully saturated rings. The maximum atomic E-state index is 11.8. The van der Waals surface area contributed by atoms with Crippen LogP contribution in [0.25, 0.3) is 0 Å². The molecule has 2 N–H and O–H groups in total. The number of halogens is 7. The lowest BCUT2D eigenvalue weighted by molar-refractivity contribution is -0.284. The normalized spacial score (nSPS) is 16.8. The van der Waals surface area contributed by atoms with E-state index in [9.17, 15) is 30.7 Å². The molecule has 1 unspecified atom stereocenters. The average molecular weight is 199 g/mol. The first-order chi connectivity index (χ1) is 5.14. The summed E-state index contributed by atoms with van der Waals surface area (Å²) in [5.74, 6) is -11.3. The van der Waals surface area contributed by atoms with E-state index in [0.29, 0.717) is 0 Å². The highest BCUT2D eigenvalue weighted by Crippen LogP contribution is 2.40. The Balaban J connectivity index is 4.75. The van der Waals surface area contributed by atoms with Crippen LogP contribution >= 0.6 is 0 Å². The largest absolute Gasteiger partial charge is 0.373 e. The van der Waals surface area contributed by atoms with Gasteiger partial charge in [-0.25, -0.2) is 13.2 Å². The summed E-state index contributed by atoms with van der Waals surface area (Å²) < 4.78 is 81.2. The number of hydrogen-bond acceptors (Lipinski definition) is 1. The molecule has 0 aliphatic carbocycles. The lowest BCUT2D eigenvalue weighted by Gasteiger charge is -2.26. The van der Waals surface area contributed by atoms with E-state index >= 15 is 0 Å². The molecule has 0 saturated heterocycles. The van der Waals surface area contributed by atoms with Gasteiger partial charge >= 0.3 is 18.3 Å². The van der Waals surface area contributed by atoms with Crippen molar-refractivity contribution in [1.82, 2.24) is 0 Å². The van der Waals surface area contributed by atoms with Gasteiger partial charge in [0.1, 0.15) is 0 Å². The Bertz CT molecular complexity index is 135. The zero-order chi connectivity index (χ0) is 10.2. The Morgan fingerprint density at radius 1 is 0.833 bits per heavy atom. The maximum absolute atomic E-state index is 11.8. The minimum atomic E-state index is -5.75. The zero-order valence-corrected chi connectivity index (χ0v) is 5.38. The van der Waals surface area contributed by atoms with Gasteiger partial charge < -0.3 is 0 Å². The maximum Gasteiger partial charge on any atom is 0.373 e. The summed E-state index contributed by atoms with van der Waals surface area (Å²) in [6.07, 6.45) is -8.48. The van der Waals surface area contributed by atoms with Crippen LogP contribution in [-0.4, -0.2) is 24.6 Å². The van der Waals surface area contributed by atoms with E-state index in [1.165, 1.54) is 0 Å². The molecule has 12 heavy (non-hydrogen) atoms. The molecule has 0 aromatic carbocycles. The molecule has 1 atom stereocenters. The first kappa shape index (κ1) is 11.5. The van der Waals surface area contributed by atoms with Crippen LogP contribution in [-0.2, 0) is 0 Å². The number of nitrogens with two attached hydrogens (primary N) is 1. The van der Waals surface area contributed by atoms with Crippen LogP contribution in [0, 0.1) is 0 Å². The molecule has 0 aromatic heterocycles. The fourth-order valence-electron chi connectivity index (χ4n) is 0.329. The Hall–Kier alpha value is -0.530. The molecular weight excluding hydrogens is 195 g/mol. The van der Waals surface area contributed by atoms with Crippen LogP contribution in [0.1, 0.15) is 0 Å². The van der Waals surface area contributed by atoms with Crippen LogP contribution in [0.5, 0.6) is 0 Å². The summed E-state index contributed by atoms with van der Waals surface area (Å²) in [6.45, 7) is 0. The van der Waals surface area contributed by atoms with Crippen molar-refractivity contribution in [2.75, 3.05) is 0 Å². The van der Waals surface area contributed by atoms with Gasteiger partial charge in [0, 0.05) is 0 Å². The summed E-state index contributed by atoms with van der Waals surface area (Å²) in [7, 11) is 0. The summed E-state index contributed by atoms with van der Waals surface area (Å²) in [5, 5.41) is 0. The Morgan fingerprint density at radius 3 is 1.25 bits per heavy atom. The van der Waals surface area contributed by atoms with E-state index < -0.39 is 24.6 Å². The predicted molar refractivity (Wildman–Crippen MR) is 25.0 cm³/mol. The number of alkyl halides is 7. The molecule has 0 amide bonds. The quantitative estimate of drug-likeness (QED) is 0.544. The minimum Gasteiger partial charge on any atom is -0.296 e. The third-order valence-corrected chi connectivity index (χ3v) is 1.06. The van der Waals surface area contributed by atoms with Gasteiger partial charge in [0.15, 0.2) is 0 Å². The molecule has 8 heteroatoms. The topological polar surface area (TPSA) is 26.0 Å². The fraction of sp³-hybridized carbons (Fsp3) is 1.00. The van der Waals surface area contributed by atoms with Crippen molar-refractivity contribution in [2.24, 2.45) is 5.73 Å². The van der Waals surface area contributed by atoms with Gasteiger partial charge in [-0.2, -0.15) is 17.6 Å². The highest BCUT2D eigenvalue weighted by Gasteiger charge is 2.66. The van der Waals surface area contributed by atoms with Crippen molar-refractivity contribution in [3.63, 3.8) is 0 Å². The molecule has 0 spiro atoms. The van der Waals surface area contributed by atoms with Crippen LogP contribution < -0.4 is 5.73 Å². The molecule has 0 heterocycles. The van der Waals surface area contributed by atoms with E-state index in [1.54, 1.807) is 0 Å². The smallest absolute Gasteiger partial charge is 0.296 e. The summed E-state index contributed by atoms with van der Waals surface area (Å²) in [6, 6.07) is 0. The third kappa shape index (κ3) is 1.62. The van der Waals surface area contributed by atoms with E-state index in [0.717, 1.165) is 0 Å². The highest BCUT2D eigenvalue weighted by molar-refractivity contribution is 4.90. The molecule has 0 rings (SSSR count). The van der Waals surface area contributed by atoms with Crippen LogP contribution in [0.4, 0.5) is 30.7 Å². The lowest BCUT2D eigenvalue weighted by Crippen LogP contribution is -2.55. The van der Waals surface area contributed by atoms with Crippen LogP contribution in [0.3, 0.4) is 0 Å². The molecule has 0 aliphatic rings. The number of rotatable bonds is 3. The van der Waals surface area contributed by atoms with E-state index in [1.807, 2.05) is 0 Å². The van der Waals surface area contributed by atoms with Gasteiger partial charge in [0.2, 0.25) is 6.30 Å². The van der Waals surface area contributed by atoms with Crippen molar-refractivity contribution in [3.8, 4) is 0 Å². The second-order valence-corrected chi connectivity index (χ2v) is 1.95. The van der Waals surface area contributed by atoms with Crippen molar-refractivity contribution in [1.29, 1.82) is 0 Å². The Morgan fingerprint density at radius 2 is 1.17 bits per heavy atom. The van der Waals surface area contributed by atoms with Gasteiger partial charge in [-0.15, -0.1) is 0 Å². The fourth-order valence-corrected chi connectivity index (χ4v) is 0.329. The minimum absolute atomic E-state index is 3.76. The second kappa shape index (κ2) is 3.08. The van der Waals surface area contributed by atoms with Crippen molar-refractivity contribution in [3.05, 3.63) is 0 Å². The Labute approximate surface area is 62.3 Å². The van der Waals surface area contributed by atoms with Crippen molar-refractivity contribution >= 4 is 0 Å². The Kier molecular flexibility index (Phi) is 2.94. The summed E-state index contributed by atoms with van der Waals surface area (Å²) >= 11 is 0. The zero-order valence-electron chi connectivity index (χ0n) is 5.38. The van der Waals surface area contributed by atoms with Gasteiger partial charge in [-0.05, 0) is 0 Å². The third-order valence-electron chi connectivity index (χ3n) is 1.06. The molecule has 0 bridgehead atoms. The lowest BCUT2D eigenvalue weighted by atomic mass is 10.1. The second-order valence-electron chi connectivity index (χ2n) is 1.95. The first-order valence-electron chi connectivity index (χ1n) is 2.57. The summed E-state index contributed by atoms with van der Waals surface area (Å²) in [4.78, 5) is 0. The van der Waals surface area contributed by atoms with Gasteiger partial charge in [-0.1, -0.05) is 0 Å². The molecule has 0 radical (unpaired) electrons. The molecule has 0 aromatic rings. The molecule has 0 saturated carbocycles. The monoisotopic (exact) mass is 199 g/mol. The van der Waals surface area contributed by atoms with Crippen LogP contribution in [0.15, 0.2) is 0 Å². The van der Waals surface area contributed by atoms with Crippen LogP contribution in [0.2, 0.25) is 0 Å². The standard InChI is InChI=1S/C4H4F7N/c5-1(6)3(8,9)4(10,11)2(7)12/h1-2H,12H2. The van der Waals surface area contributed by atoms with E-state index in [2.05, 4.69) is 5.73 Å². The predicted octanol–water partition coefficient (Wildman–Crippen LogP) is 1.78. The number of hydrogen-bond donors (Lipinski definition) is 1. The average Bonchev–Trinajstić information content (AvgIpc) is 1.86. The van der Waals surface area contributed by atoms with E-state index in [4.69, 9.17) is 0 Å². The molecule has 74 valence electrons. The van der Waals surface area contributed by atoms with Gasteiger partial charge in [-0.3, -0.25) is 5.73 Å². The van der Waals surface area contributed by atoms with Crippen molar-refractivity contribution < 1.29 is 30.7 Å². The summed E-state index contributed by atoms with van der Waals surface area (Å²) in [5.41, 5.74) is 3.76. The molecule has 0 aliphatic heterocycles. The van der Waals surface area contributed by atoms with Crippen molar-refractivity contribution in [2.45, 2.75) is 24.6 Å². The van der Waals surface area contributed by atoms with Gasteiger partial charge in [0.25, 0.3) is 0 Å². The first-order valence-corrected chi connectivity index (χ1v) is 2.57. The van der Waals surface area contributed by atoms with E-state index in [-0.39, 0.29) is 0 Å². The highest BCUT2D eigenvalue weighted by atomic mass is 19.3.